The van der Waals surface area contributed by atoms with Gasteiger partial charge in [-0.2, -0.15) is 0 Å². The molecule has 0 amide bonds. The van der Waals surface area contributed by atoms with Crippen LogP contribution in [0, 0.1) is 6.92 Å². The summed E-state index contributed by atoms with van der Waals surface area (Å²) in [6.45, 7) is 1.98. The molecule has 8 heteroatoms. The lowest BCUT2D eigenvalue weighted by Crippen LogP contribution is -1.94. The predicted molar refractivity (Wildman–Crippen MR) is 97.6 cm³/mol. The van der Waals surface area contributed by atoms with E-state index >= 15 is 0 Å². The smallest absolute Gasteiger partial charge is 0.231 e. The SMILES string of the molecule is Cc1c(-c2ccc(Cl)cc2)oc2ncnc(Sc3nccc(N)n3)c12. The third-order valence-corrected chi connectivity index (χ3v) is 4.78. The molecule has 0 radical (unpaired) electrons. The van der Waals surface area contributed by atoms with Crippen molar-refractivity contribution in [3.63, 3.8) is 0 Å². The highest BCUT2D eigenvalue weighted by Crippen LogP contribution is 2.38. The van der Waals surface area contributed by atoms with Crippen LogP contribution in [0.25, 0.3) is 22.4 Å². The van der Waals surface area contributed by atoms with Gasteiger partial charge in [0, 0.05) is 22.3 Å². The van der Waals surface area contributed by atoms with E-state index < -0.39 is 0 Å². The summed E-state index contributed by atoms with van der Waals surface area (Å²) in [6, 6.07) is 9.11. The molecule has 0 aliphatic rings. The molecule has 0 atom stereocenters. The molecule has 0 aliphatic carbocycles. The number of nitrogen functional groups attached to an aromatic ring is 1. The summed E-state index contributed by atoms with van der Waals surface area (Å²) in [7, 11) is 0. The van der Waals surface area contributed by atoms with Crippen LogP contribution in [0.3, 0.4) is 0 Å². The van der Waals surface area contributed by atoms with Gasteiger partial charge < -0.3 is 10.2 Å². The van der Waals surface area contributed by atoms with Gasteiger partial charge in [0.1, 0.15) is 22.9 Å². The second-order valence-electron chi connectivity index (χ2n) is 5.29. The Morgan fingerprint density at radius 1 is 1.08 bits per heavy atom. The molecule has 4 aromatic rings. The van der Waals surface area contributed by atoms with E-state index in [2.05, 4.69) is 19.9 Å². The van der Waals surface area contributed by atoms with Crippen molar-refractivity contribution in [3.05, 3.63) is 53.4 Å². The van der Waals surface area contributed by atoms with Crippen LogP contribution in [-0.4, -0.2) is 19.9 Å². The molecule has 25 heavy (non-hydrogen) atoms. The normalized spacial score (nSPS) is 11.1. The van der Waals surface area contributed by atoms with E-state index in [1.807, 2.05) is 31.2 Å². The summed E-state index contributed by atoms with van der Waals surface area (Å²) >= 11 is 7.29. The Hall–Kier alpha value is -2.64. The number of nitrogens with zero attached hydrogens (tertiary/aromatic N) is 4. The second-order valence-corrected chi connectivity index (χ2v) is 6.68. The molecule has 1 aromatic carbocycles. The third-order valence-electron chi connectivity index (χ3n) is 3.64. The van der Waals surface area contributed by atoms with Crippen LogP contribution >= 0.6 is 23.4 Å². The van der Waals surface area contributed by atoms with Crippen LogP contribution in [0.5, 0.6) is 0 Å². The maximum atomic E-state index is 5.97. The number of nitrogens with two attached hydrogens (primary N) is 1. The Bertz CT molecular complexity index is 1060. The lowest BCUT2D eigenvalue weighted by molar-refractivity contribution is 0.614. The number of hydrogen-bond acceptors (Lipinski definition) is 7. The minimum atomic E-state index is 0.411. The van der Waals surface area contributed by atoms with E-state index in [0.717, 1.165) is 27.3 Å². The fraction of sp³-hybridized carbons (Fsp3) is 0.0588. The second kappa shape index (κ2) is 6.34. The minimum absolute atomic E-state index is 0.411. The fourth-order valence-corrected chi connectivity index (χ4v) is 3.49. The van der Waals surface area contributed by atoms with Gasteiger partial charge in [-0.3, -0.25) is 0 Å². The molecule has 4 rings (SSSR count). The Labute approximate surface area is 152 Å². The minimum Gasteiger partial charge on any atom is -0.437 e. The van der Waals surface area contributed by atoms with E-state index in [4.69, 9.17) is 21.8 Å². The van der Waals surface area contributed by atoms with Crippen LogP contribution in [-0.2, 0) is 0 Å². The van der Waals surface area contributed by atoms with Crippen molar-refractivity contribution >= 4 is 40.3 Å². The molecule has 0 spiro atoms. The van der Waals surface area contributed by atoms with Gasteiger partial charge in [0.05, 0.1) is 5.39 Å². The molecular weight excluding hydrogens is 358 g/mol. The topological polar surface area (TPSA) is 90.7 Å². The third kappa shape index (κ3) is 3.04. The van der Waals surface area contributed by atoms with E-state index in [1.54, 1.807) is 12.3 Å². The maximum Gasteiger partial charge on any atom is 0.231 e. The lowest BCUT2D eigenvalue weighted by atomic mass is 10.1. The van der Waals surface area contributed by atoms with Gasteiger partial charge in [-0.05, 0) is 49.0 Å². The highest BCUT2D eigenvalue weighted by molar-refractivity contribution is 7.99. The number of hydrogen-bond donors (Lipinski definition) is 1. The van der Waals surface area contributed by atoms with Crippen molar-refractivity contribution in [2.45, 2.75) is 17.1 Å². The van der Waals surface area contributed by atoms with Crippen LogP contribution in [0.2, 0.25) is 5.02 Å². The number of halogens is 1. The van der Waals surface area contributed by atoms with Crippen molar-refractivity contribution in [3.8, 4) is 11.3 Å². The first kappa shape index (κ1) is 15.9. The van der Waals surface area contributed by atoms with Crippen LogP contribution < -0.4 is 5.73 Å². The van der Waals surface area contributed by atoms with Gasteiger partial charge in [-0.15, -0.1) is 0 Å². The van der Waals surface area contributed by atoms with Crippen molar-refractivity contribution in [2.75, 3.05) is 5.73 Å². The van der Waals surface area contributed by atoms with Crippen molar-refractivity contribution in [2.24, 2.45) is 0 Å². The van der Waals surface area contributed by atoms with Gasteiger partial charge in [0.25, 0.3) is 0 Å². The largest absolute Gasteiger partial charge is 0.437 e. The number of fused-ring (bicyclic) bond motifs is 1. The number of benzene rings is 1. The molecule has 0 aliphatic heterocycles. The number of rotatable bonds is 3. The zero-order chi connectivity index (χ0) is 17.4. The molecule has 3 aromatic heterocycles. The quantitative estimate of drug-likeness (QED) is 0.423. The molecule has 124 valence electrons. The number of aryl methyl sites for hydroxylation is 1. The maximum absolute atomic E-state index is 5.97. The van der Waals surface area contributed by atoms with Gasteiger partial charge in [-0.25, -0.2) is 19.9 Å². The fourth-order valence-electron chi connectivity index (χ4n) is 2.48. The Kier molecular flexibility index (Phi) is 4.03. The molecule has 6 nitrogen and oxygen atoms in total. The zero-order valence-corrected chi connectivity index (χ0v) is 14.7. The molecule has 0 bridgehead atoms. The first-order chi connectivity index (χ1) is 12.1. The van der Waals surface area contributed by atoms with Crippen LogP contribution in [0.4, 0.5) is 5.82 Å². The van der Waals surface area contributed by atoms with E-state index in [9.17, 15) is 0 Å². The highest BCUT2D eigenvalue weighted by Gasteiger charge is 2.18. The molecule has 0 saturated heterocycles. The standard InChI is InChI=1S/C17H12ClN5OS/c1-9-13-15(24-14(9)10-2-4-11(18)5-3-10)21-8-22-16(13)25-17-20-7-6-12(19)23-17/h2-8H,1H3,(H2,19,20,23). The van der Waals surface area contributed by atoms with Crippen molar-refractivity contribution < 1.29 is 4.42 Å². The lowest BCUT2D eigenvalue weighted by Gasteiger charge is -2.02. The van der Waals surface area contributed by atoms with Crippen molar-refractivity contribution in [1.82, 2.24) is 19.9 Å². The molecule has 3 heterocycles. The molecular formula is C17H12ClN5OS. The van der Waals surface area contributed by atoms with Crippen LogP contribution in [0.1, 0.15) is 5.56 Å². The Morgan fingerprint density at radius 2 is 1.88 bits per heavy atom. The molecule has 0 unspecified atom stereocenters. The average Bonchev–Trinajstić information content (AvgIpc) is 2.94. The summed E-state index contributed by atoms with van der Waals surface area (Å²) in [5.41, 5.74) is 8.11. The molecule has 0 fully saturated rings. The average molecular weight is 370 g/mol. The first-order valence-corrected chi connectivity index (χ1v) is 8.57. The van der Waals surface area contributed by atoms with Crippen LogP contribution in [0.15, 0.2) is 57.5 Å². The van der Waals surface area contributed by atoms with E-state index in [0.29, 0.717) is 21.7 Å². The van der Waals surface area contributed by atoms with E-state index in [-0.39, 0.29) is 0 Å². The summed E-state index contributed by atoms with van der Waals surface area (Å²) in [5.74, 6) is 1.15. The van der Waals surface area contributed by atoms with Gasteiger partial charge in [0.2, 0.25) is 5.71 Å². The number of furan rings is 1. The summed E-state index contributed by atoms with van der Waals surface area (Å²) in [4.78, 5) is 17.0. The number of aromatic nitrogens is 4. The van der Waals surface area contributed by atoms with Gasteiger partial charge >= 0.3 is 0 Å². The molecule has 0 saturated carbocycles. The Morgan fingerprint density at radius 3 is 2.64 bits per heavy atom. The summed E-state index contributed by atoms with van der Waals surface area (Å²) < 4.78 is 5.95. The highest BCUT2D eigenvalue weighted by atomic mass is 35.5. The summed E-state index contributed by atoms with van der Waals surface area (Å²) in [5, 5.41) is 2.75. The first-order valence-electron chi connectivity index (χ1n) is 7.38. The van der Waals surface area contributed by atoms with E-state index in [1.165, 1.54) is 18.1 Å². The van der Waals surface area contributed by atoms with Gasteiger partial charge in [0.15, 0.2) is 5.16 Å². The monoisotopic (exact) mass is 369 g/mol. The van der Waals surface area contributed by atoms with Gasteiger partial charge in [-0.1, -0.05) is 11.6 Å². The molecule has 2 N–H and O–H groups in total. The Balaban J connectivity index is 1.82. The zero-order valence-electron chi connectivity index (χ0n) is 13.1. The summed E-state index contributed by atoms with van der Waals surface area (Å²) in [6.07, 6.45) is 3.08. The number of anilines is 1. The predicted octanol–water partition coefficient (Wildman–Crippen LogP) is 4.38. The van der Waals surface area contributed by atoms with Crippen molar-refractivity contribution in [1.29, 1.82) is 0 Å².